The minimum Gasteiger partial charge on any atom is -0.465 e. The molecular formula is C15H18F2O3. The topological polar surface area (TPSA) is 43.4 Å². The van der Waals surface area contributed by atoms with Gasteiger partial charge >= 0.3 is 5.97 Å². The van der Waals surface area contributed by atoms with E-state index in [0.29, 0.717) is 0 Å². The molecule has 0 aliphatic rings. The summed E-state index contributed by atoms with van der Waals surface area (Å²) >= 11 is 0. The molecule has 0 N–H and O–H groups in total. The Balaban J connectivity index is 3.03. The van der Waals surface area contributed by atoms with Crippen LogP contribution < -0.4 is 0 Å². The molecule has 0 aromatic heterocycles. The fourth-order valence-electron chi connectivity index (χ4n) is 2.10. The minimum absolute atomic E-state index is 0.158. The highest BCUT2D eigenvalue weighted by Gasteiger charge is 2.33. The number of esters is 1. The second-order valence-corrected chi connectivity index (χ2v) is 4.47. The van der Waals surface area contributed by atoms with Gasteiger partial charge in [-0.05, 0) is 25.5 Å². The van der Waals surface area contributed by atoms with Crippen LogP contribution in [-0.4, -0.2) is 18.4 Å². The molecule has 5 heteroatoms. The van der Waals surface area contributed by atoms with Crippen molar-refractivity contribution in [2.75, 3.05) is 6.61 Å². The minimum atomic E-state index is -1.04. The SMILES string of the molecule is CCOC(=O)C(CC)C(=O)C(C)c1c(F)cccc1F. The molecule has 0 spiro atoms. The highest BCUT2D eigenvalue weighted by molar-refractivity contribution is 6.02. The number of carbonyl (C=O) groups is 2. The maximum atomic E-state index is 13.7. The Labute approximate surface area is 116 Å². The van der Waals surface area contributed by atoms with E-state index in [1.165, 1.54) is 13.0 Å². The smallest absolute Gasteiger partial charge is 0.316 e. The predicted molar refractivity (Wildman–Crippen MR) is 70.2 cm³/mol. The standard InChI is InChI=1S/C15H18F2O3/c1-4-10(15(19)20-5-2)14(18)9(3)13-11(16)7-6-8-12(13)17/h6-10H,4-5H2,1-3H3. The molecule has 0 heterocycles. The van der Waals surface area contributed by atoms with E-state index in [0.717, 1.165) is 12.1 Å². The lowest BCUT2D eigenvalue weighted by molar-refractivity contribution is -0.152. The van der Waals surface area contributed by atoms with Gasteiger partial charge in [-0.1, -0.05) is 19.9 Å². The zero-order valence-corrected chi connectivity index (χ0v) is 11.8. The van der Waals surface area contributed by atoms with Crippen LogP contribution in [0.3, 0.4) is 0 Å². The molecule has 0 aliphatic heterocycles. The number of ether oxygens (including phenoxy) is 1. The van der Waals surface area contributed by atoms with Crippen molar-refractivity contribution in [2.24, 2.45) is 5.92 Å². The maximum Gasteiger partial charge on any atom is 0.316 e. The number of carbonyl (C=O) groups excluding carboxylic acids is 2. The third-order valence-electron chi connectivity index (χ3n) is 3.18. The van der Waals surface area contributed by atoms with Gasteiger partial charge < -0.3 is 4.74 Å². The fourth-order valence-corrected chi connectivity index (χ4v) is 2.10. The molecule has 0 bridgehead atoms. The number of rotatable bonds is 6. The molecule has 0 fully saturated rings. The zero-order chi connectivity index (χ0) is 15.3. The van der Waals surface area contributed by atoms with Gasteiger partial charge in [0.25, 0.3) is 0 Å². The van der Waals surface area contributed by atoms with E-state index >= 15 is 0 Å². The third-order valence-corrected chi connectivity index (χ3v) is 3.18. The van der Waals surface area contributed by atoms with Crippen LogP contribution in [0.5, 0.6) is 0 Å². The monoisotopic (exact) mass is 284 g/mol. The van der Waals surface area contributed by atoms with Gasteiger partial charge in [0, 0.05) is 11.5 Å². The van der Waals surface area contributed by atoms with Crippen molar-refractivity contribution in [3.63, 3.8) is 0 Å². The van der Waals surface area contributed by atoms with Crippen LogP contribution in [0.2, 0.25) is 0 Å². The normalized spacial score (nSPS) is 13.7. The van der Waals surface area contributed by atoms with Gasteiger partial charge in [0.05, 0.1) is 6.61 Å². The summed E-state index contributed by atoms with van der Waals surface area (Å²) < 4.78 is 32.2. The van der Waals surface area contributed by atoms with Gasteiger partial charge in [0.15, 0.2) is 5.78 Å². The molecule has 0 aliphatic carbocycles. The first kappa shape index (κ1) is 16.3. The van der Waals surface area contributed by atoms with Gasteiger partial charge in [-0.25, -0.2) is 8.78 Å². The van der Waals surface area contributed by atoms with Crippen LogP contribution in [0.25, 0.3) is 0 Å². The number of ketones is 1. The lowest BCUT2D eigenvalue weighted by Gasteiger charge is -2.18. The van der Waals surface area contributed by atoms with E-state index in [1.807, 2.05) is 0 Å². The van der Waals surface area contributed by atoms with Crippen molar-refractivity contribution < 1.29 is 23.1 Å². The van der Waals surface area contributed by atoms with E-state index in [9.17, 15) is 18.4 Å². The molecule has 20 heavy (non-hydrogen) atoms. The Hall–Kier alpha value is -1.78. The molecule has 0 radical (unpaired) electrons. The van der Waals surface area contributed by atoms with Gasteiger partial charge in [-0.15, -0.1) is 0 Å². The molecular weight excluding hydrogens is 266 g/mol. The van der Waals surface area contributed by atoms with Crippen LogP contribution in [0.15, 0.2) is 18.2 Å². The van der Waals surface area contributed by atoms with Crippen LogP contribution in [0.1, 0.15) is 38.7 Å². The number of benzene rings is 1. The van der Waals surface area contributed by atoms with Crippen LogP contribution in [0.4, 0.5) is 8.78 Å². The van der Waals surface area contributed by atoms with Crippen molar-refractivity contribution >= 4 is 11.8 Å². The van der Waals surface area contributed by atoms with Crippen molar-refractivity contribution in [3.05, 3.63) is 35.4 Å². The van der Waals surface area contributed by atoms with Crippen LogP contribution in [0, 0.1) is 17.6 Å². The van der Waals surface area contributed by atoms with E-state index in [2.05, 4.69) is 0 Å². The van der Waals surface area contributed by atoms with E-state index in [1.54, 1.807) is 13.8 Å². The summed E-state index contributed by atoms with van der Waals surface area (Å²) in [5.74, 6) is -4.79. The molecule has 1 rings (SSSR count). The third kappa shape index (κ3) is 3.40. The Kier molecular flexibility index (Phi) is 5.80. The Morgan fingerprint density at radius 1 is 1.20 bits per heavy atom. The van der Waals surface area contributed by atoms with Crippen molar-refractivity contribution in [1.29, 1.82) is 0 Å². The number of halogens is 2. The predicted octanol–water partition coefficient (Wildman–Crippen LogP) is 3.23. The van der Waals surface area contributed by atoms with Gasteiger partial charge in [-0.2, -0.15) is 0 Å². The number of Topliss-reactive ketones (excluding diaryl/α,β-unsaturated/α-hetero) is 1. The molecule has 110 valence electrons. The van der Waals surface area contributed by atoms with Crippen LogP contribution >= 0.6 is 0 Å². The molecule has 1 aromatic rings. The summed E-state index contributed by atoms with van der Waals surface area (Å²) in [4.78, 5) is 24.0. The molecule has 0 saturated carbocycles. The average molecular weight is 284 g/mol. The first-order valence-corrected chi connectivity index (χ1v) is 6.58. The molecule has 0 amide bonds. The largest absolute Gasteiger partial charge is 0.465 e. The van der Waals surface area contributed by atoms with Crippen molar-refractivity contribution in [3.8, 4) is 0 Å². The maximum absolute atomic E-state index is 13.7. The first-order valence-electron chi connectivity index (χ1n) is 6.58. The summed E-state index contributed by atoms with van der Waals surface area (Å²) in [5.41, 5.74) is -0.305. The quantitative estimate of drug-likeness (QED) is 0.595. The summed E-state index contributed by atoms with van der Waals surface area (Å²) in [6.45, 7) is 4.84. The summed E-state index contributed by atoms with van der Waals surface area (Å²) in [6.07, 6.45) is 0.234. The lowest BCUT2D eigenvalue weighted by Crippen LogP contribution is -2.29. The van der Waals surface area contributed by atoms with Gasteiger partial charge in [-0.3, -0.25) is 9.59 Å². The fraction of sp³-hybridized carbons (Fsp3) is 0.467. The first-order chi connectivity index (χ1) is 9.43. The Morgan fingerprint density at radius 3 is 2.20 bits per heavy atom. The van der Waals surface area contributed by atoms with Crippen molar-refractivity contribution in [1.82, 2.24) is 0 Å². The van der Waals surface area contributed by atoms with E-state index in [-0.39, 0.29) is 18.6 Å². The molecule has 2 atom stereocenters. The number of hydrogen-bond donors (Lipinski definition) is 0. The van der Waals surface area contributed by atoms with Crippen LogP contribution in [-0.2, 0) is 14.3 Å². The summed E-state index contributed by atoms with van der Waals surface area (Å²) in [7, 11) is 0. The average Bonchev–Trinajstić information content (AvgIpc) is 2.39. The van der Waals surface area contributed by atoms with Gasteiger partial charge in [0.1, 0.15) is 17.6 Å². The summed E-state index contributed by atoms with van der Waals surface area (Å²) in [5, 5.41) is 0. The molecule has 3 nitrogen and oxygen atoms in total. The van der Waals surface area contributed by atoms with E-state index in [4.69, 9.17) is 4.74 Å². The Morgan fingerprint density at radius 2 is 1.75 bits per heavy atom. The summed E-state index contributed by atoms with van der Waals surface area (Å²) in [6, 6.07) is 3.41. The highest BCUT2D eigenvalue weighted by Crippen LogP contribution is 2.27. The lowest BCUT2D eigenvalue weighted by atomic mass is 9.87. The second kappa shape index (κ2) is 7.12. The zero-order valence-electron chi connectivity index (χ0n) is 11.8. The van der Waals surface area contributed by atoms with Gasteiger partial charge in [0.2, 0.25) is 0 Å². The molecule has 1 aromatic carbocycles. The molecule has 2 unspecified atom stereocenters. The Bertz CT molecular complexity index is 480. The number of hydrogen-bond acceptors (Lipinski definition) is 3. The van der Waals surface area contributed by atoms with Crippen molar-refractivity contribution in [2.45, 2.75) is 33.1 Å². The van der Waals surface area contributed by atoms with E-state index < -0.39 is 35.2 Å². The highest BCUT2D eigenvalue weighted by atomic mass is 19.1. The second-order valence-electron chi connectivity index (χ2n) is 4.47. The molecule has 0 saturated heterocycles.